The second-order valence-electron chi connectivity index (χ2n) is 7.24. The van der Waals surface area contributed by atoms with Crippen LogP contribution in [0.3, 0.4) is 0 Å². The maximum Gasteiger partial charge on any atom is 0.311 e. The number of carboxylic acids is 1. The fourth-order valence-electron chi connectivity index (χ4n) is 3.85. The average Bonchev–Trinajstić information content (AvgIpc) is 2.83. The summed E-state index contributed by atoms with van der Waals surface area (Å²) in [6.45, 7) is 7.26. The number of amides is 1. The van der Waals surface area contributed by atoms with E-state index in [0.29, 0.717) is 25.9 Å². The molecule has 1 aliphatic carbocycles. The zero-order valence-corrected chi connectivity index (χ0v) is 12.9. The fourth-order valence-corrected chi connectivity index (χ4v) is 3.85. The number of carboxylic acid groups (broad SMARTS) is 1. The number of aliphatic carboxylic acids is 1. The van der Waals surface area contributed by atoms with Gasteiger partial charge in [-0.1, -0.05) is 33.6 Å². The van der Waals surface area contributed by atoms with E-state index in [1.807, 2.05) is 11.8 Å². The summed E-state index contributed by atoms with van der Waals surface area (Å²) in [5, 5.41) is 9.44. The summed E-state index contributed by atoms with van der Waals surface area (Å²) < 4.78 is 0. The van der Waals surface area contributed by atoms with Gasteiger partial charge in [0.05, 0.1) is 5.41 Å². The van der Waals surface area contributed by atoms with Gasteiger partial charge in [0.1, 0.15) is 0 Å². The van der Waals surface area contributed by atoms with Crippen LogP contribution >= 0.6 is 0 Å². The Balaban J connectivity index is 2.09. The van der Waals surface area contributed by atoms with Crippen molar-refractivity contribution in [3.8, 4) is 0 Å². The Bertz CT molecular complexity index is 405. The normalized spacial score (nSPS) is 33.1. The van der Waals surface area contributed by atoms with Crippen molar-refractivity contribution in [2.24, 2.45) is 16.7 Å². The Labute approximate surface area is 121 Å². The van der Waals surface area contributed by atoms with Crippen LogP contribution in [0.25, 0.3) is 0 Å². The Morgan fingerprint density at radius 3 is 2.45 bits per heavy atom. The molecule has 114 valence electrons. The molecule has 0 aromatic rings. The lowest BCUT2D eigenvalue weighted by molar-refractivity contribution is -0.149. The molecule has 0 aromatic carbocycles. The largest absolute Gasteiger partial charge is 0.481 e. The van der Waals surface area contributed by atoms with Crippen LogP contribution in [-0.2, 0) is 9.59 Å². The molecule has 2 aliphatic rings. The summed E-state index contributed by atoms with van der Waals surface area (Å²) in [6.07, 6.45) is 5.55. The van der Waals surface area contributed by atoms with Crippen LogP contribution in [0.4, 0.5) is 0 Å². The van der Waals surface area contributed by atoms with E-state index in [9.17, 15) is 14.7 Å². The van der Waals surface area contributed by atoms with Crippen LogP contribution in [-0.4, -0.2) is 35.0 Å². The van der Waals surface area contributed by atoms with Crippen molar-refractivity contribution in [2.45, 2.75) is 59.3 Å². The average molecular weight is 281 g/mol. The molecule has 4 heteroatoms. The van der Waals surface area contributed by atoms with Gasteiger partial charge in [0.25, 0.3) is 0 Å². The van der Waals surface area contributed by atoms with Crippen LogP contribution in [0.5, 0.6) is 0 Å². The molecule has 0 aromatic heterocycles. The van der Waals surface area contributed by atoms with Gasteiger partial charge < -0.3 is 10.0 Å². The van der Waals surface area contributed by atoms with Gasteiger partial charge in [-0.25, -0.2) is 0 Å². The third-order valence-electron chi connectivity index (χ3n) is 5.60. The SMILES string of the molecule is CCC1(C(=O)O)CCN(C(=O)C2CCCCC2(C)C)C1. The minimum atomic E-state index is -0.752. The Morgan fingerprint density at radius 2 is 1.95 bits per heavy atom. The van der Waals surface area contributed by atoms with Crippen molar-refractivity contribution in [1.29, 1.82) is 0 Å². The zero-order chi connectivity index (χ0) is 15.0. The Kier molecular flexibility index (Phi) is 4.12. The molecule has 2 fully saturated rings. The number of carbonyl (C=O) groups excluding carboxylic acids is 1. The molecule has 20 heavy (non-hydrogen) atoms. The summed E-state index contributed by atoms with van der Waals surface area (Å²) in [6, 6.07) is 0. The van der Waals surface area contributed by atoms with E-state index in [-0.39, 0.29) is 17.2 Å². The van der Waals surface area contributed by atoms with Gasteiger partial charge in [-0.3, -0.25) is 9.59 Å². The third kappa shape index (κ3) is 2.57. The number of hydrogen-bond acceptors (Lipinski definition) is 2. The highest BCUT2D eigenvalue weighted by molar-refractivity contribution is 5.82. The number of carbonyl (C=O) groups is 2. The van der Waals surface area contributed by atoms with Crippen LogP contribution < -0.4 is 0 Å². The molecule has 0 bridgehead atoms. The molecule has 1 saturated carbocycles. The molecular formula is C16H27NO3. The lowest BCUT2D eigenvalue weighted by Crippen LogP contribution is -2.44. The molecule has 1 saturated heterocycles. The van der Waals surface area contributed by atoms with Gasteiger partial charge in [0.2, 0.25) is 5.91 Å². The van der Waals surface area contributed by atoms with Crippen LogP contribution in [0.2, 0.25) is 0 Å². The van der Waals surface area contributed by atoms with E-state index in [1.54, 1.807) is 0 Å². The zero-order valence-electron chi connectivity index (χ0n) is 12.9. The van der Waals surface area contributed by atoms with Crippen molar-refractivity contribution < 1.29 is 14.7 Å². The molecule has 1 amide bonds. The van der Waals surface area contributed by atoms with E-state index in [1.165, 1.54) is 6.42 Å². The molecular weight excluding hydrogens is 254 g/mol. The quantitative estimate of drug-likeness (QED) is 0.865. The topological polar surface area (TPSA) is 57.6 Å². The smallest absolute Gasteiger partial charge is 0.311 e. The Morgan fingerprint density at radius 1 is 1.25 bits per heavy atom. The Hall–Kier alpha value is -1.06. The first-order chi connectivity index (χ1) is 9.32. The molecule has 1 N–H and O–H groups in total. The predicted octanol–water partition coefficient (Wildman–Crippen LogP) is 2.92. The minimum Gasteiger partial charge on any atom is -0.481 e. The standard InChI is InChI=1S/C16H27NO3/c1-4-16(14(19)20)9-10-17(11-16)13(18)12-7-5-6-8-15(12,2)3/h12H,4-11H2,1-3H3,(H,19,20). The number of hydrogen-bond donors (Lipinski definition) is 1. The molecule has 2 atom stereocenters. The summed E-state index contributed by atoms with van der Waals surface area (Å²) >= 11 is 0. The highest BCUT2D eigenvalue weighted by Gasteiger charge is 2.47. The third-order valence-corrected chi connectivity index (χ3v) is 5.60. The fraction of sp³-hybridized carbons (Fsp3) is 0.875. The van der Waals surface area contributed by atoms with Crippen molar-refractivity contribution in [2.75, 3.05) is 13.1 Å². The van der Waals surface area contributed by atoms with Crippen molar-refractivity contribution in [3.63, 3.8) is 0 Å². The van der Waals surface area contributed by atoms with Gasteiger partial charge >= 0.3 is 5.97 Å². The van der Waals surface area contributed by atoms with Crippen molar-refractivity contribution in [1.82, 2.24) is 4.90 Å². The maximum atomic E-state index is 12.8. The predicted molar refractivity (Wildman–Crippen MR) is 77.3 cm³/mol. The van der Waals surface area contributed by atoms with Crippen LogP contribution in [0.15, 0.2) is 0 Å². The number of nitrogens with zero attached hydrogens (tertiary/aromatic N) is 1. The molecule has 4 nitrogen and oxygen atoms in total. The number of likely N-dealkylation sites (tertiary alicyclic amines) is 1. The lowest BCUT2D eigenvalue weighted by atomic mass is 9.68. The van der Waals surface area contributed by atoms with E-state index in [2.05, 4.69) is 13.8 Å². The van der Waals surface area contributed by atoms with Gasteiger partial charge in [-0.05, 0) is 31.1 Å². The van der Waals surface area contributed by atoms with Crippen molar-refractivity contribution >= 4 is 11.9 Å². The highest BCUT2D eigenvalue weighted by atomic mass is 16.4. The van der Waals surface area contributed by atoms with Crippen LogP contribution in [0, 0.1) is 16.7 Å². The van der Waals surface area contributed by atoms with Crippen LogP contribution in [0.1, 0.15) is 59.3 Å². The first-order valence-electron chi connectivity index (χ1n) is 7.84. The summed E-state index contributed by atoms with van der Waals surface area (Å²) in [4.78, 5) is 26.1. The van der Waals surface area contributed by atoms with E-state index in [4.69, 9.17) is 0 Å². The minimum absolute atomic E-state index is 0.0516. The number of rotatable bonds is 3. The first-order valence-corrected chi connectivity index (χ1v) is 7.84. The van der Waals surface area contributed by atoms with Gasteiger partial charge in [-0.15, -0.1) is 0 Å². The van der Waals surface area contributed by atoms with Gasteiger partial charge in [0.15, 0.2) is 0 Å². The highest BCUT2D eigenvalue weighted by Crippen LogP contribution is 2.43. The van der Waals surface area contributed by atoms with Gasteiger partial charge in [0, 0.05) is 19.0 Å². The van der Waals surface area contributed by atoms with E-state index in [0.717, 1.165) is 19.3 Å². The summed E-state index contributed by atoms with van der Waals surface area (Å²) in [5.41, 5.74) is -0.662. The summed E-state index contributed by atoms with van der Waals surface area (Å²) in [7, 11) is 0. The molecule has 2 rings (SSSR count). The van der Waals surface area contributed by atoms with E-state index >= 15 is 0 Å². The van der Waals surface area contributed by atoms with Crippen molar-refractivity contribution in [3.05, 3.63) is 0 Å². The first kappa shape index (κ1) is 15.3. The molecule has 0 radical (unpaired) electrons. The molecule has 2 unspecified atom stereocenters. The molecule has 1 aliphatic heterocycles. The second-order valence-corrected chi connectivity index (χ2v) is 7.24. The molecule has 1 heterocycles. The second kappa shape index (κ2) is 5.38. The summed E-state index contributed by atoms with van der Waals surface area (Å²) in [5.74, 6) is -0.498. The van der Waals surface area contributed by atoms with Gasteiger partial charge in [-0.2, -0.15) is 0 Å². The molecule has 0 spiro atoms. The maximum absolute atomic E-state index is 12.8. The van der Waals surface area contributed by atoms with E-state index < -0.39 is 11.4 Å². The lowest BCUT2D eigenvalue weighted by Gasteiger charge is -2.39. The monoisotopic (exact) mass is 281 g/mol.